The first kappa shape index (κ1) is 22.1. The summed E-state index contributed by atoms with van der Waals surface area (Å²) in [4.78, 5) is 32.3. The molecule has 0 bridgehead atoms. The summed E-state index contributed by atoms with van der Waals surface area (Å²) in [5.41, 5.74) is 0.925. The van der Waals surface area contributed by atoms with Crippen molar-refractivity contribution in [2.75, 3.05) is 20.6 Å². The summed E-state index contributed by atoms with van der Waals surface area (Å²) in [6.07, 6.45) is 7.17. The minimum Gasteiger partial charge on any atom is -0.357 e. The SMILES string of the molecule is CCC/C=C/c1nc(C(=O)N[C@H](C(=O)NC)C(C)(C)C)c2n1CCCN(C)C2. The highest BCUT2D eigenvalue weighted by Gasteiger charge is 2.34. The number of amides is 2. The van der Waals surface area contributed by atoms with Gasteiger partial charge in [0.15, 0.2) is 5.69 Å². The molecule has 2 amide bonds. The van der Waals surface area contributed by atoms with Crippen LogP contribution in [-0.4, -0.2) is 52.9 Å². The summed E-state index contributed by atoms with van der Waals surface area (Å²) in [5.74, 6) is 0.320. The van der Waals surface area contributed by atoms with Gasteiger partial charge in [0.05, 0.1) is 5.69 Å². The van der Waals surface area contributed by atoms with Gasteiger partial charge < -0.3 is 20.1 Å². The van der Waals surface area contributed by atoms with Crippen LogP contribution in [0.15, 0.2) is 6.08 Å². The molecule has 0 aliphatic carbocycles. The Morgan fingerprint density at radius 3 is 2.61 bits per heavy atom. The Bertz CT molecular complexity index is 730. The Morgan fingerprint density at radius 1 is 1.29 bits per heavy atom. The molecule has 0 fully saturated rings. The highest BCUT2D eigenvalue weighted by Crippen LogP contribution is 2.23. The Balaban J connectivity index is 2.40. The Labute approximate surface area is 168 Å². The van der Waals surface area contributed by atoms with Gasteiger partial charge >= 0.3 is 0 Å². The first-order valence-corrected chi connectivity index (χ1v) is 10.2. The van der Waals surface area contributed by atoms with Gasteiger partial charge in [0.2, 0.25) is 5.91 Å². The van der Waals surface area contributed by atoms with Crippen LogP contribution in [0, 0.1) is 5.41 Å². The molecule has 1 atom stereocenters. The van der Waals surface area contributed by atoms with Crippen molar-refractivity contribution in [3.8, 4) is 0 Å². The normalized spacial score (nSPS) is 16.5. The third-order valence-corrected chi connectivity index (χ3v) is 5.03. The average Bonchev–Trinajstić information content (AvgIpc) is 2.83. The van der Waals surface area contributed by atoms with E-state index >= 15 is 0 Å². The van der Waals surface area contributed by atoms with E-state index < -0.39 is 11.5 Å². The monoisotopic (exact) mass is 389 g/mol. The van der Waals surface area contributed by atoms with Crippen molar-refractivity contribution < 1.29 is 9.59 Å². The van der Waals surface area contributed by atoms with E-state index in [0.717, 1.165) is 43.9 Å². The van der Waals surface area contributed by atoms with Crippen LogP contribution < -0.4 is 10.6 Å². The lowest BCUT2D eigenvalue weighted by Gasteiger charge is -2.29. The van der Waals surface area contributed by atoms with E-state index in [1.54, 1.807) is 7.05 Å². The van der Waals surface area contributed by atoms with E-state index in [4.69, 9.17) is 0 Å². The number of unbranched alkanes of at least 4 members (excludes halogenated alkanes) is 1. The number of carbonyl (C=O) groups excluding carboxylic acids is 2. The Morgan fingerprint density at radius 2 is 2.00 bits per heavy atom. The summed E-state index contributed by atoms with van der Waals surface area (Å²) in [7, 11) is 3.64. The van der Waals surface area contributed by atoms with Crippen molar-refractivity contribution in [3.05, 3.63) is 23.3 Å². The highest BCUT2D eigenvalue weighted by molar-refractivity contribution is 5.97. The molecule has 0 saturated heterocycles. The van der Waals surface area contributed by atoms with Crippen LogP contribution in [0.1, 0.15) is 69.0 Å². The molecule has 0 spiro atoms. The Hall–Kier alpha value is -2.15. The first-order valence-electron chi connectivity index (χ1n) is 10.2. The van der Waals surface area contributed by atoms with E-state index in [-0.39, 0.29) is 11.8 Å². The van der Waals surface area contributed by atoms with Crippen molar-refractivity contribution in [2.24, 2.45) is 5.41 Å². The lowest BCUT2D eigenvalue weighted by Crippen LogP contribution is -2.53. The molecule has 28 heavy (non-hydrogen) atoms. The molecule has 7 heteroatoms. The zero-order valence-corrected chi connectivity index (χ0v) is 18.1. The zero-order chi connectivity index (χ0) is 20.9. The third-order valence-electron chi connectivity index (χ3n) is 5.03. The van der Waals surface area contributed by atoms with Crippen molar-refractivity contribution in [3.63, 3.8) is 0 Å². The van der Waals surface area contributed by atoms with E-state index in [2.05, 4.69) is 45.1 Å². The molecule has 156 valence electrons. The summed E-state index contributed by atoms with van der Waals surface area (Å²) in [5, 5.41) is 5.57. The molecule has 7 nitrogen and oxygen atoms in total. The summed E-state index contributed by atoms with van der Waals surface area (Å²) in [6.45, 7) is 10.4. The van der Waals surface area contributed by atoms with Crippen molar-refractivity contribution >= 4 is 17.9 Å². The zero-order valence-electron chi connectivity index (χ0n) is 18.1. The summed E-state index contributed by atoms with van der Waals surface area (Å²) in [6, 6.07) is -0.634. The average molecular weight is 390 g/mol. The second kappa shape index (κ2) is 9.37. The van der Waals surface area contributed by atoms with Gasteiger partial charge in [-0.1, -0.05) is 40.2 Å². The van der Waals surface area contributed by atoms with Crippen LogP contribution in [0.3, 0.4) is 0 Å². The molecule has 1 aromatic rings. The summed E-state index contributed by atoms with van der Waals surface area (Å²) >= 11 is 0. The van der Waals surface area contributed by atoms with Gasteiger partial charge in [0, 0.05) is 20.1 Å². The predicted octanol–water partition coefficient (Wildman–Crippen LogP) is 2.42. The van der Waals surface area contributed by atoms with Gasteiger partial charge in [0.1, 0.15) is 11.9 Å². The number of rotatable bonds is 6. The largest absolute Gasteiger partial charge is 0.357 e. The van der Waals surface area contributed by atoms with Crippen LogP contribution in [0.2, 0.25) is 0 Å². The van der Waals surface area contributed by atoms with Crippen LogP contribution in [0.5, 0.6) is 0 Å². The van der Waals surface area contributed by atoms with Crippen LogP contribution in [-0.2, 0) is 17.9 Å². The molecule has 0 aromatic carbocycles. The fourth-order valence-electron chi connectivity index (χ4n) is 3.43. The molecule has 0 radical (unpaired) electrons. The molecular formula is C21H35N5O2. The number of nitrogens with one attached hydrogen (secondary N) is 2. The summed E-state index contributed by atoms with van der Waals surface area (Å²) < 4.78 is 2.15. The lowest BCUT2D eigenvalue weighted by atomic mass is 9.86. The molecule has 0 saturated carbocycles. The molecule has 1 aromatic heterocycles. The minimum atomic E-state index is -0.634. The smallest absolute Gasteiger partial charge is 0.272 e. The van der Waals surface area contributed by atoms with Gasteiger partial charge in [-0.25, -0.2) is 4.98 Å². The van der Waals surface area contributed by atoms with Gasteiger partial charge in [-0.3, -0.25) is 9.59 Å². The van der Waals surface area contributed by atoms with Crippen LogP contribution in [0.4, 0.5) is 0 Å². The van der Waals surface area contributed by atoms with Gasteiger partial charge in [0.25, 0.3) is 5.91 Å². The highest BCUT2D eigenvalue weighted by atomic mass is 16.2. The van der Waals surface area contributed by atoms with E-state index in [1.165, 1.54) is 0 Å². The lowest BCUT2D eigenvalue weighted by molar-refractivity contribution is -0.124. The predicted molar refractivity (Wildman–Crippen MR) is 112 cm³/mol. The molecular weight excluding hydrogens is 354 g/mol. The fraction of sp³-hybridized carbons (Fsp3) is 0.667. The van der Waals surface area contributed by atoms with E-state index in [1.807, 2.05) is 26.8 Å². The first-order chi connectivity index (χ1) is 13.2. The van der Waals surface area contributed by atoms with E-state index in [9.17, 15) is 9.59 Å². The molecule has 2 rings (SSSR count). The number of hydrogen-bond acceptors (Lipinski definition) is 4. The quantitative estimate of drug-likeness (QED) is 0.783. The maximum Gasteiger partial charge on any atom is 0.272 e. The minimum absolute atomic E-state index is 0.202. The Kier molecular flexibility index (Phi) is 7.41. The van der Waals surface area contributed by atoms with Gasteiger partial charge in [-0.15, -0.1) is 0 Å². The van der Waals surface area contributed by atoms with Crippen LogP contribution in [0.25, 0.3) is 6.08 Å². The number of fused-ring (bicyclic) bond motifs is 1. The molecule has 2 heterocycles. The van der Waals surface area contributed by atoms with Crippen molar-refractivity contribution in [2.45, 2.75) is 66.1 Å². The van der Waals surface area contributed by atoms with Crippen molar-refractivity contribution in [1.82, 2.24) is 25.1 Å². The molecule has 0 unspecified atom stereocenters. The maximum atomic E-state index is 13.1. The third kappa shape index (κ3) is 5.22. The van der Waals surface area contributed by atoms with E-state index in [0.29, 0.717) is 12.2 Å². The topological polar surface area (TPSA) is 79.3 Å². The standard InChI is InChI=1S/C21H35N5O2/c1-7-8-9-11-16-23-17(15-14-25(6)12-10-13-26(15)16)19(27)24-18(20(28)22-5)21(2,3)4/h9,11,18H,7-8,10,12-14H2,1-6H3,(H,22,28)(H,24,27)/b11-9+/t18-/m1/s1. The van der Waals surface area contributed by atoms with Gasteiger partial charge in [-0.05, 0) is 37.9 Å². The number of carbonyl (C=O) groups is 2. The fourth-order valence-corrected chi connectivity index (χ4v) is 3.43. The van der Waals surface area contributed by atoms with Gasteiger partial charge in [-0.2, -0.15) is 0 Å². The number of nitrogens with zero attached hydrogens (tertiary/aromatic N) is 3. The number of aromatic nitrogens is 2. The molecule has 1 aliphatic rings. The number of allylic oxidation sites excluding steroid dienone is 1. The van der Waals surface area contributed by atoms with Crippen LogP contribution >= 0.6 is 0 Å². The number of hydrogen-bond donors (Lipinski definition) is 2. The number of likely N-dealkylation sites (N-methyl/N-ethyl adjacent to an activating group) is 1. The molecule has 1 aliphatic heterocycles. The second-order valence-electron chi connectivity index (χ2n) is 8.59. The maximum absolute atomic E-state index is 13.1. The second-order valence-corrected chi connectivity index (χ2v) is 8.59. The number of imidazole rings is 1. The molecule has 2 N–H and O–H groups in total. The van der Waals surface area contributed by atoms with Crippen molar-refractivity contribution in [1.29, 1.82) is 0 Å².